The molecule has 0 aromatic carbocycles. The van der Waals surface area contributed by atoms with Gasteiger partial charge in [0.25, 0.3) is 0 Å². The third-order valence-electron chi connectivity index (χ3n) is 6.83. The number of imide groups is 1. The molecule has 0 aromatic rings. The van der Waals surface area contributed by atoms with Gasteiger partial charge in [-0.25, -0.2) is 4.79 Å². The van der Waals surface area contributed by atoms with Crippen molar-refractivity contribution in [3.63, 3.8) is 0 Å². The number of urea groups is 1. The van der Waals surface area contributed by atoms with Crippen LogP contribution in [0.5, 0.6) is 0 Å². The first-order valence-electron chi connectivity index (χ1n) is 15.9. The molecule has 0 aliphatic carbocycles. The number of carbonyl (C=O) groups excluding carboxylic acids is 4. The van der Waals surface area contributed by atoms with Crippen LogP contribution in [0, 0.1) is 0 Å². The van der Waals surface area contributed by atoms with Crippen molar-refractivity contribution in [2.45, 2.75) is 44.9 Å². The van der Waals surface area contributed by atoms with Crippen molar-refractivity contribution < 1.29 is 48.8 Å². The van der Waals surface area contributed by atoms with E-state index in [0.29, 0.717) is 78.4 Å². The number of carboxylic acids is 1. The number of hydrogen-bond donors (Lipinski definition) is 7. The van der Waals surface area contributed by atoms with Crippen LogP contribution < -0.4 is 21.7 Å². The lowest BCUT2D eigenvalue weighted by atomic mass is 10.0. The first-order valence-corrected chi connectivity index (χ1v) is 16.7. The minimum Gasteiger partial charge on any atom is -0.480 e. The van der Waals surface area contributed by atoms with E-state index >= 15 is 0 Å². The lowest BCUT2D eigenvalue weighted by Gasteiger charge is -2.28. The smallest absolute Gasteiger partial charge is 0.318 e. The molecule has 0 aliphatic heterocycles. The summed E-state index contributed by atoms with van der Waals surface area (Å²) >= 11 is 3.26. The predicted octanol–water partition coefficient (Wildman–Crippen LogP) is -1.60. The van der Waals surface area contributed by atoms with Crippen LogP contribution in [-0.4, -0.2) is 176 Å². The molecule has 0 bridgehead atoms. The van der Waals surface area contributed by atoms with E-state index in [0.717, 1.165) is 0 Å². The maximum Gasteiger partial charge on any atom is 0.318 e. The largest absolute Gasteiger partial charge is 0.480 e. The number of rotatable bonds is 27. The van der Waals surface area contributed by atoms with Gasteiger partial charge in [-0.1, -0.05) is 43.6 Å². The van der Waals surface area contributed by atoms with E-state index in [9.17, 15) is 29.1 Å². The first kappa shape index (κ1) is 46.7. The Morgan fingerprint density at radius 3 is 1.43 bits per heavy atom. The molecule has 0 spiro atoms. The molecule has 17 nitrogen and oxygen atoms in total. The van der Waals surface area contributed by atoms with Crippen LogP contribution in [0.3, 0.4) is 0 Å². The fourth-order valence-corrected chi connectivity index (χ4v) is 4.00. The van der Waals surface area contributed by atoms with Gasteiger partial charge in [-0.05, 0) is 25.9 Å². The van der Waals surface area contributed by atoms with Crippen LogP contribution in [-0.2, 0) is 28.7 Å². The maximum absolute atomic E-state index is 12.1. The second-order valence-electron chi connectivity index (χ2n) is 10.3. The second-order valence-corrected chi connectivity index (χ2v) is 11.8. The fourth-order valence-electron chi connectivity index (χ4n) is 3.90. The summed E-state index contributed by atoms with van der Waals surface area (Å²) in [5.74, 6) is -1.60. The van der Waals surface area contributed by atoms with Gasteiger partial charge < -0.3 is 41.2 Å². The number of aliphatic hydroxyl groups is 2. The van der Waals surface area contributed by atoms with Gasteiger partial charge >= 0.3 is 12.0 Å². The number of halogens is 1. The van der Waals surface area contributed by atoms with E-state index in [-0.39, 0.29) is 63.8 Å². The third kappa shape index (κ3) is 26.2. The zero-order chi connectivity index (χ0) is 36.1. The number of aliphatic carboxylic acids is 1. The van der Waals surface area contributed by atoms with Crippen LogP contribution >= 0.6 is 15.9 Å². The van der Waals surface area contributed by atoms with Gasteiger partial charge in [0.05, 0.1) is 59.3 Å². The Morgan fingerprint density at radius 1 is 0.702 bits per heavy atom. The number of hydrogen-bond acceptors (Lipinski definition) is 12. The van der Waals surface area contributed by atoms with Crippen molar-refractivity contribution >= 4 is 45.7 Å². The number of amides is 5. The molecule has 0 heterocycles. The number of primary amides is 1. The molecule has 0 saturated carbocycles. The number of carboxylic acid groups (broad SMARTS) is 1. The Morgan fingerprint density at radius 2 is 1.11 bits per heavy atom. The highest BCUT2D eigenvalue weighted by molar-refractivity contribution is 9.10. The Hall–Kier alpha value is -2.45. The van der Waals surface area contributed by atoms with Crippen LogP contribution in [0.25, 0.3) is 0 Å². The van der Waals surface area contributed by atoms with E-state index in [1.54, 1.807) is 4.90 Å². The topological polar surface area (TPSA) is 236 Å². The normalized spacial score (nSPS) is 11.3. The Bertz CT molecular complexity index is 844. The molecule has 0 unspecified atom stereocenters. The summed E-state index contributed by atoms with van der Waals surface area (Å²) in [6, 6.07) is -0.814. The average Bonchev–Trinajstić information content (AvgIpc) is 3.03. The second kappa shape index (κ2) is 29.7. The van der Waals surface area contributed by atoms with Crippen LogP contribution in [0.2, 0.25) is 0 Å². The van der Waals surface area contributed by atoms with Crippen molar-refractivity contribution in [3.05, 3.63) is 0 Å². The Labute approximate surface area is 287 Å². The first-order chi connectivity index (χ1) is 22.3. The maximum atomic E-state index is 12.1. The molecule has 0 aromatic heterocycles. The molecule has 0 saturated heterocycles. The zero-order valence-electron chi connectivity index (χ0n) is 28.4. The minimum atomic E-state index is -0.933. The van der Waals surface area contributed by atoms with Gasteiger partial charge in [0.15, 0.2) is 0 Å². The number of ether oxygens (including phenoxy) is 2. The summed E-state index contributed by atoms with van der Waals surface area (Å²) in [5.41, 5.74) is 4.81. The molecule has 0 aliphatic rings. The lowest BCUT2D eigenvalue weighted by Crippen LogP contribution is -2.46. The molecule has 0 fully saturated rings. The van der Waals surface area contributed by atoms with Gasteiger partial charge in [0.2, 0.25) is 17.7 Å². The lowest BCUT2D eigenvalue weighted by molar-refractivity contribution is -0.138. The number of nitrogens with two attached hydrogens (primary N) is 1. The summed E-state index contributed by atoms with van der Waals surface area (Å²) in [6.07, 6.45) is 1.23. The fraction of sp³-hybridized carbons (Fsp3) is 0.828. The van der Waals surface area contributed by atoms with E-state index in [1.807, 2.05) is 42.8 Å². The number of alkyl halides is 1. The van der Waals surface area contributed by atoms with Crippen molar-refractivity contribution in [1.82, 2.24) is 30.7 Å². The highest BCUT2D eigenvalue weighted by Crippen LogP contribution is 2.26. The van der Waals surface area contributed by atoms with Crippen molar-refractivity contribution in [2.24, 2.45) is 5.73 Å². The monoisotopic (exact) mass is 743 g/mol. The summed E-state index contributed by atoms with van der Waals surface area (Å²) in [6.45, 7) is 12.8. The predicted molar refractivity (Wildman–Crippen MR) is 180 cm³/mol. The average molecular weight is 745 g/mol. The zero-order valence-corrected chi connectivity index (χ0v) is 30.0. The van der Waals surface area contributed by atoms with Gasteiger partial charge in [-0.3, -0.25) is 39.2 Å². The standard InChI is InChI=1S/C22H45N5O8.C7H13BrN2O2/c1-3-25(17-20(30)23-5-13-34-15-11-28)7-9-27(19-22(32)33)10-8-26(4-2)18-21(31)24-6-14-35-16-12-29;1-3-7(8,4-2)5(11)10-6(9)12/h28-29H,3-19H2,1-2H3,(H,23,30)(H,24,31)(H,32,33);3-4H2,1-2H3,(H3,9,10,11,12). The van der Waals surface area contributed by atoms with Crippen LogP contribution in [0.15, 0.2) is 0 Å². The molecule has 0 rings (SSSR count). The summed E-state index contributed by atoms with van der Waals surface area (Å²) < 4.78 is 9.55. The Balaban J connectivity index is 0. The molecular weight excluding hydrogens is 686 g/mol. The Kier molecular flexibility index (Phi) is 29.5. The highest BCUT2D eigenvalue weighted by atomic mass is 79.9. The molecular formula is C29H58BrN7O10. The molecule has 0 radical (unpaired) electrons. The van der Waals surface area contributed by atoms with E-state index < -0.39 is 16.3 Å². The SMILES string of the molecule is CCC(Br)(CC)C(=O)NC(N)=O.CCN(CCN(CCN(CC)CC(=O)NCCOCCO)CC(=O)O)CC(=O)NCCOCCO. The number of carbonyl (C=O) groups is 5. The van der Waals surface area contributed by atoms with E-state index in [1.165, 1.54) is 0 Å². The van der Waals surface area contributed by atoms with E-state index in [2.05, 4.69) is 26.6 Å². The molecule has 5 amide bonds. The summed E-state index contributed by atoms with van der Waals surface area (Å²) in [7, 11) is 0. The molecule has 47 heavy (non-hydrogen) atoms. The van der Waals surface area contributed by atoms with E-state index in [4.69, 9.17) is 25.4 Å². The minimum absolute atomic E-state index is 0.0603. The molecule has 18 heteroatoms. The van der Waals surface area contributed by atoms with Crippen molar-refractivity contribution in [3.8, 4) is 0 Å². The van der Waals surface area contributed by atoms with Crippen molar-refractivity contribution in [1.29, 1.82) is 0 Å². The van der Waals surface area contributed by atoms with Crippen LogP contribution in [0.4, 0.5) is 4.79 Å². The number of likely N-dealkylation sites (N-methyl/N-ethyl adjacent to an activating group) is 2. The highest BCUT2D eigenvalue weighted by Gasteiger charge is 2.32. The van der Waals surface area contributed by atoms with Gasteiger partial charge in [-0.2, -0.15) is 0 Å². The van der Waals surface area contributed by atoms with Crippen LogP contribution in [0.1, 0.15) is 40.5 Å². The molecule has 276 valence electrons. The number of aliphatic hydroxyl groups excluding tert-OH is 2. The molecule has 0 atom stereocenters. The van der Waals surface area contributed by atoms with Gasteiger partial charge in [0, 0.05) is 39.3 Å². The third-order valence-corrected chi connectivity index (χ3v) is 8.31. The summed E-state index contributed by atoms with van der Waals surface area (Å²) in [4.78, 5) is 62.9. The number of nitrogens with one attached hydrogen (secondary N) is 3. The van der Waals surface area contributed by atoms with Gasteiger partial charge in [-0.15, -0.1) is 0 Å². The number of nitrogens with zero attached hydrogens (tertiary/aromatic N) is 3. The quantitative estimate of drug-likeness (QED) is 0.0372. The molecule has 8 N–H and O–H groups in total. The van der Waals surface area contributed by atoms with Crippen molar-refractivity contribution in [2.75, 3.05) is 112 Å². The van der Waals surface area contributed by atoms with Gasteiger partial charge in [0.1, 0.15) is 4.32 Å². The summed E-state index contributed by atoms with van der Waals surface area (Å²) in [5, 5.41) is 34.2.